The fraction of sp³-hybridized carbons (Fsp3) is 0.412. The summed E-state index contributed by atoms with van der Waals surface area (Å²) in [7, 11) is 0. The first-order chi connectivity index (χ1) is 9.10. The van der Waals surface area contributed by atoms with E-state index in [1.807, 2.05) is 0 Å². The van der Waals surface area contributed by atoms with Crippen LogP contribution >= 0.6 is 0 Å². The summed E-state index contributed by atoms with van der Waals surface area (Å²) in [5, 5.41) is 3.45. The summed E-state index contributed by atoms with van der Waals surface area (Å²) in [5.41, 5.74) is 5.44. The molecular weight excluding hydrogens is 232 g/mol. The summed E-state index contributed by atoms with van der Waals surface area (Å²) >= 11 is 0. The van der Waals surface area contributed by atoms with Crippen LogP contribution in [0.1, 0.15) is 42.1 Å². The summed E-state index contributed by atoms with van der Waals surface area (Å²) in [6.45, 7) is 10.6. The first kappa shape index (κ1) is 13.9. The number of rotatable bonds is 5. The largest absolute Gasteiger partial charge is 0.350 e. The zero-order chi connectivity index (χ0) is 13.8. The predicted molar refractivity (Wildman–Crippen MR) is 81.5 cm³/mol. The second kappa shape index (κ2) is 6.07. The number of benzene rings is 1. The van der Waals surface area contributed by atoms with Crippen molar-refractivity contribution in [1.29, 1.82) is 0 Å². The Morgan fingerprint density at radius 1 is 1.21 bits per heavy atom. The molecule has 0 saturated carbocycles. The second-order valence-corrected chi connectivity index (χ2v) is 5.33. The third-order valence-corrected chi connectivity index (χ3v) is 3.64. The van der Waals surface area contributed by atoms with Gasteiger partial charge in [0.2, 0.25) is 0 Å². The summed E-state index contributed by atoms with van der Waals surface area (Å²) in [6, 6.07) is 9.29. The molecule has 0 aliphatic heterocycles. The zero-order valence-electron chi connectivity index (χ0n) is 12.4. The monoisotopic (exact) mass is 256 g/mol. The molecule has 0 spiro atoms. The number of aryl methyl sites for hydroxylation is 2. The van der Waals surface area contributed by atoms with Crippen molar-refractivity contribution in [1.82, 2.24) is 9.88 Å². The second-order valence-electron chi connectivity index (χ2n) is 5.33. The van der Waals surface area contributed by atoms with Gasteiger partial charge in [0.05, 0.1) is 0 Å². The molecule has 2 rings (SSSR count). The Morgan fingerprint density at radius 2 is 2.00 bits per heavy atom. The van der Waals surface area contributed by atoms with Crippen LogP contribution in [0.2, 0.25) is 0 Å². The van der Waals surface area contributed by atoms with Gasteiger partial charge in [0, 0.05) is 25.0 Å². The molecule has 102 valence electrons. The van der Waals surface area contributed by atoms with Gasteiger partial charge in [-0.2, -0.15) is 0 Å². The Balaban J connectivity index is 2.13. The van der Waals surface area contributed by atoms with Crippen LogP contribution in [0.5, 0.6) is 0 Å². The number of hydrogen-bond acceptors (Lipinski definition) is 1. The van der Waals surface area contributed by atoms with Gasteiger partial charge in [0.1, 0.15) is 0 Å². The van der Waals surface area contributed by atoms with Crippen molar-refractivity contribution < 1.29 is 0 Å². The van der Waals surface area contributed by atoms with E-state index in [0.717, 1.165) is 13.1 Å². The molecule has 2 heteroatoms. The molecule has 1 aromatic heterocycles. The Kier molecular flexibility index (Phi) is 4.43. The number of nitrogens with zero attached hydrogens (tertiary/aromatic N) is 1. The highest BCUT2D eigenvalue weighted by Gasteiger charge is 2.06. The summed E-state index contributed by atoms with van der Waals surface area (Å²) in [5.74, 6) is 0. The molecule has 1 unspecified atom stereocenters. The average molecular weight is 256 g/mol. The van der Waals surface area contributed by atoms with E-state index in [1.165, 1.54) is 22.3 Å². The Labute approximate surface area is 116 Å². The van der Waals surface area contributed by atoms with Crippen molar-refractivity contribution >= 4 is 0 Å². The van der Waals surface area contributed by atoms with E-state index in [1.54, 1.807) is 0 Å². The molecule has 2 aromatic rings. The summed E-state index contributed by atoms with van der Waals surface area (Å²) < 4.78 is 2.27. The van der Waals surface area contributed by atoms with Gasteiger partial charge in [-0.1, -0.05) is 30.7 Å². The smallest absolute Gasteiger partial charge is 0.0473 e. The number of aromatic nitrogens is 1. The van der Waals surface area contributed by atoms with Crippen LogP contribution in [0.25, 0.3) is 0 Å². The Hall–Kier alpha value is -1.54. The van der Waals surface area contributed by atoms with Crippen LogP contribution in [0, 0.1) is 13.8 Å². The minimum Gasteiger partial charge on any atom is -0.350 e. The Bertz CT molecular complexity index is 540. The van der Waals surface area contributed by atoms with Gasteiger partial charge in [0.25, 0.3) is 0 Å². The highest BCUT2D eigenvalue weighted by molar-refractivity contribution is 5.31. The van der Waals surface area contributed by atoms with Crippen LogP contribution in [0.15, 0.2) is 36.7 Å². The van der Waals surface area contributed by atoms with Gasteiger partial charge >= 0.3 is 0 Å². The SMILES string of the molecule is CCNC(C)c1ccn(Cc2cc(C)ccc2C)c1. The molecule has 0 bridgehead atoms. The first-order valence-corrected chi connectivity index (χ1v) is 7.05. The lowest BCUT2D eigenvalue weighted by Gasteiger charge is -2.11. The topological polar surface area (TPSA) is 17.0 Å². The van der Waals surface area contributed by atoms with E-state index < -0.39 is 0 Å². The maximum atomic E-state index is 3.45. The molecule has 1 aromatic carbocycles. The van der Waals surface area contributed by atoms with Crippen LogP contribution in [-0.4, -0.2) is 11.1 Å². The molecule has 1 heterocycles. The minimum absolute atomic E-state index is 0.421. The van der Waals surface area contributed by atoms with Crippen LogP contribution in [0.3, 0.4) is 0 Å². The van der Waals surface area contributed by atoms with Gasteiger partial charge in [-0.3, -0.25) is 0 Å². The molecular formula is C17H24N2. The van der Waals surface area contributed by atoms with Crippen LogP contribution < -0.4 is 5.32 Å². The highest BCUT2D eigenvalue weighted by Crippen LogP contribution is 2.16. The van der Waals surface area contributed by atoms with Crippen molar-refractivity contribution in [3.8, 4) is 0 Å². The van der Waals surface area contributed by atoms with E-state index in [0.29, 0.717) is 6.04 Å². The van der Waals surface area contributed by atoms with Crippen LogP contribution in [-0.2, 0) is 6.54 Å². The fourth-order valence-corrected chi connectivity index (χ4v) is 2.41. The molecule has 0 aliphatic carbocycles. The molecule has 19 heavy (non-hydrogen) atoms. The van der Waals surface area contributed by atoms with Gasteiger partial charge in [-0.15, -0.1) is 0 Å². The molecule has 1 N–H and O–H groups in total. The quantitative estimate of drug-likeness (QED) is 0.860. The average Bonchev–Trinajstić information content (AvgIpc) is 2.83. The maximum absolute atomic E-state index is 3.45. The highest BCUT2D eigenvalue weighted by atomic mass is 15.0. The maximum Gasteiger partial charge on any atom is 0.0473 e. The lowest BCUT2D eigenvalue weighted by atomic mass is 10.1. The summed E-state index contributed by atoms with van der Waals surface area (Å²) in [4.78, 5) is 0. The standard InChI is InChI=1S/C17H24N2/c1-5-18-15(4)16-8-9-19(11-16)12-17-10-13(2)6-7-14(17)3/h6-11,15,18H,5,12H2,1-4H3. The van der Waals surface area contributed by atoms with E-state index in [2.05, 4.69) is 74.2 Å². The molecule has 2 nitrogen and oxygen atoms in total. The third kappa shape index (κ3) is 3.48. The number of hydrogen-bond donors (Lipinski definition) is 1. The van der Waals surface area contributed by atoms with E-state index >= 15 is 0 Å². The van der Waals surface area contributed by atoms with Crippen molar-refractivity contribution in [3.05, 3.63) is 58.9 Å². The number of nitrogens with one attached hydrogen (secondary N) is 1. The first-order valence-electron chi connectivity index (χ1n) is 7.05. The molecule has 0 amide bonds. The normalized spacial score (nSPS) is 12.6. The fourth-order valence-electron chi connectivity index (χ4n) is 2.41. The third-order valence-electron chi connectivity index (χ3n) is 3.64. The summed E-state index contributed by atoms with van der Waals surface area (Å²) in [6.07, 6.45) is 4.42. The van der Waals surface area contributed by atoms with Gasteiger partial charge < -0.3 is 9.88 Å². The van der Waals surface area contributed by atoms with Gasteiger partial charge in [-0.25, -0.2) is 0 Å². The van der Waals surface area contributed by atoms with E-state index in [4.69, 9.17) is 0 Å². The van der Waals surface area contributed by atoms with Gasteiger partial charge in [-0.05, 0) is 50.1 Å². The lowest BCUT2D eigenvalue weighted by molar-refractivity contribution is 0.596. The van der Waals surface area contributed by atoms with E-state index in [-0.39, 0.29) is 0 Å². The molecule has 0 fully saturated rings. The van der Waals surface area contributed by atoms with Crippen molar-refractivity contribution in [2.24, 2.45) is 0 Å². The minimum atomic E-state index is 0.421. The molecule has 1 atom stereocenters. The molecule has 0 aliphatic rings. The van der Waals surface area contributed by atoms with E-state index in [9.17, 15) is 0 Å². The molecule has 0 saturated heterocycles. The lowest BCUT2D eigenvalue weighted by Crippen LogP contribution is -2.17. The zero-order valence-corrected chi connectivity index (χ0v) is 12.4. The Morgan fingerprint density at radius 3 is 2.74 bits per heavy atom. The predicted octanol–water partition coefficient (Wildman–Crippen LogP) is 3.82. The molecule has 0 radical (unpaired) electrons. The van der Waals surface area contributed by atoms with Crippen LogP contribution in [0.4, 0.5) is 0 Å². The van der Waals surface area contributed by atoms with Gasteiger partial charge in [0.15, 0.2) is 0 Å². The van der Waals surface area contributed by atoms with Crippen molar-refractivity contribution in [2.45, 2.75) is 40.3 Å². The van der Waals surface area contributed by atoms with Crippen molar-refractivity contribution in [2.75, 3.05) is 6.54 Å². The van der Waals surface area contributed by atoms with Crippen molar-refractivity contribution in [3.63, 3.8) is 0 Å².